The first-order valence-electron chi connectivity index (χ1n) is 5.88. The van der Waals surface area contributed by atoms with Crippen molar-refractivity contribution >= 4 is 0 Å². The van der Waals surface area contributed by atoms with Crippen LogP contribution < -0.4 is 0 Å². The van der Waals surface area contributed by atoms with Gasteiger partial charge in [-0.2, -0.15) is 0 Å². The van der Waals surface area contributed by atoms with E-state index in [1.165, 1.54) is 5.56 Å². The lowest BCUT2D eigenvalue weighted by atomic mass is 9.96. The Morgan fingerprint density at radius 3 is 2.32 bits per heavy atom. The van der Waals surface area contributed by atoms with Crippen molar-refractivity contribution in [2.24, 2.45) is 5.92 Å². The summed E-state index contributed by atoms with van der Waals surface area (Å²) in [6, 6.07) is 10.9. The normalized spacial score (nSPS) is 11.5. The van der Waals surface area contributed by atoms with E-state index in [4.69, 9.17) is 15.3 Å². The molecule has 0 bridgehead atoms. The highest BCUT2D eigenvalue weighted by Crippen LogP contribution is 2.25. The van der Waals surface area contributed by atoms with Crippen LogP contribution in [0.15, 0.2) is 49.1 Å². The predicted octanol–water partition coefficient (Wildman–Crippen LogP) is 2.78. The maximum absolute atomic E-state index is 8.36. The van der Waals surface area contributed by atoms with Crippen LogP contribution in [0.25, 0.3) is 0 Å². The Bertz CT molecular complexity index is 479. The number of imidazole rings is 1. The molecular weight excluding hydrogens is 246 g/mol. The maximum atomic E-state index is 8.36. The second kappa shape index (κ2) is 7.15. The summed E-state index contributed by atoms with van der Waals surface area (Å²) in [4.78, 5) is 12.5. The molecule has 102 valence electrons. The molecule has 0 aliphatic carbocycles. The third-order valence-corrected chi connectivity index (χ3v) is 2.62. The van der Waals surface area contributed by atoms with E-state index in [-0.39, 0.29) is 0 Å². The summed E-state index contributed by atoms with van der Waals surface area (Å²) in [7, 11) is 0. The molecule has 2 rings (SSSR count). The van der Waals surface area contributed by atoms with E-state index in [1.807, 2.05) is 18.7 Å². The topological polar surface area (TPSA) is 81.2 Å². The predicted molar refractivity (Wildman–Crippen MR) is 70.4 cm³/mol. The quantitative estimate of drug-likeness (QED) is 0.682. The Labute approximate surface area is 111 Å². The molecule has 1 N–H and O–H groups in total. The van der Waals surface area contributed by atoms with Crippen molar-refractivity contribution in [3.05, 3.63) is 64.7 Å². The molecule has 0 radical (unpaired) electrons. The summed E-state index contributed by atoms with van der Waals surface area (Å²) in [6.45, 7) is 4.47. The fourth-order valence-electron chi connectivity index (χ4n) is 1.99. The fraction of sp³-hybridized carbons (Fsp3) is 0.308. The molecule has 0 saturated carbocycles. The van der Waals surface area contributed by atoms with Crippen LogP contribution in [0.3, 0.4) is 0 Å². The third kappa shape index (κ3) is 4.79. The zero-order chi connectivity index (χ0) is 14.3. The molecular formula is C13H17N3O3. The van der Waals surface area contributed by atoms with Gasteiger partial charge in [0, 0.05) is 12.4 Å². The van der Waals surface area contributed by atoms with Gasteiger partial charge < -0.3 is 9.77 Å². The van der Waals surface area contributed by atoms with E-state index in [9.17, 15) is 0 Å². The van der Waals surface area contributed by atoms with E-state index >= 15 is 0 Å². The maximum Gasteiger partial charge on any atom is 0.291 e. The number of hydrogen-bond acceptors (Lipinski definition) is 3. The Hall–Kier alpha value is -2.37. The molecule has 0 aliphatic heterocycles. The standard InChI is InChI=1S/C13H16N2.HNO3/c1-11(2)13(15-9-8-14-10-15)12-6-4-3-5-7-12;2-1(3)4/h3-11,13H,1-2H3;(H,2,3,4). The Kier molecular flexibility index (Phi) is 5.53. The molecule has 0 spiro atoms. The van der Waals surface area contributed by atoms with Crippen molar-refractivity contribution in [1.29, 1.82) is 0 Å². The van der Waals surface area contributed by atoms with Gasteiger partial charge in [0.25, 0.3) is 5.09 Å². The fourth-order valence-corrected chi connectivity index (χ4v) is 1.99. The van der Waals surface area contributed by atoms with Crippen molar-refractivity contribution in [3.8, 4) is 0 Å². The Morgan fingerprint density at radius 2 is 1.89 bits per heavy atom. The SMILES string of the molecule is CC(C)C(c1ccccc1)n1ccnc1.O=[N+]([O-])O. The average Bonchev–Trinajstić information content (AvgIpc) is 2.83. The molecule has 1 heterocycles. The highest BCUT2D eigenvalue weighted by atomic mass is 16.9. The van der Waals surface area contributed by atoms with Gasteiger partial charge in [-0.25, -0.2) is 4.98 Å². The minimum Gasteiger partial charge on any atom is -0.330 e. The molecule has 0 saturated heterocycles. The van der Waals surface area contributed by atoms with Crippen molar-refractivity contribution in [1.82, 2.24) is 9.55 Å². The summed E-state index contributed by atoms with van der Waals surface area (Å²) < 4.78 is 2.17. The summed E-state index contributed by atoms with van der Waals surface area (Å²) in [5.41, 5.74) is 1.34. The van der Waals surface area contributed by atoms with E-state index in [1.54, 1.807) is 0 Å². The van der Waals surface area contributed by atoms with Crippen LogP contribution in [0, 0.1) is 16.0 Å². The molecule has 0 aliphatic rings. The van der Waals surface area contributed by atoms with Crippen molar-refractivity contribution in [3.63, 3.8) is 0 Å². The van der Waals surface area contributed by atoms with Crippen LogP contribution in [0.1, 0.15) is 25.5 Å². The van der Waals surface area contributed by atoms with Gasteiger partial charge in [0.05, 0.1) is 12.4 Å². The molecule has 1 atom stereocenters. The van der Waals surface area contributed by atoms with Crippen LogP contribution in [0.2, 0.25) is 0 Å². The van der Waals surface area contributed by atoms with Crippen LogP contribution in [0.5, 0.6) is 0 Å². The molecule has 1 unspecified atom stereocenters. The lowest BCUT2D eigenvalue weighted by Crippen LogP contribution is -2.14. The summed E-state index contributed by atoms with van der Waals surface area (Å²) in [6.07, 6.45) is 5.74. The van der Waals surface area contributed by atoms with E-state index in [2.05, 4.69) is 53.7 Å². The summed E-state index contributed by atoms with van der Waals surface area (Å²) in [5, 5.41) is 13.6. The van der Waals surface area contributed by atoms with Gasteiger partial charge in [-0.3, -0.25) is 0 Å². The molecule has 0 fully saturated rings. The lowest BCUT2D eigenvalue weighted by molar-refractivity contribution is -0.742. The second-order valence-corrected chi connectivity index (χ2v) is 4.35. The highest BCUT2D eigenvalue weighted by Gasteiger charge is 2.16. The van der Waals surface area contributed by atoms with Gasteiger partial charge in [-0.15, -0.1) is 10.1 Å². The minimum absolute atomic E-state index is 0.383. The largest absolute Gasteiger partial charge is 0.330 e. The van der Waals surface area contributed by atoms with Crippen molar-refractivity contribution in [2.75, 3.05) is 0 Å². The van der Waals surface area contributed by atoms with Crippen molar-refractivity contribution < 1.29 is 10.3 Å². The van der Waals surface area contributed by atoms with Crippen LogP contribution in [-0.4, -0.2) is 19.8 Å². The van der Waals surface area contributed by atoms with E-state index in [0.29, 0.717) is 12.0 Å². The molecule has 0 amide bonds. The Morgan fingerprint density at radius 1 is 1.32 bits per heavy atom. The molecule has 6 nitrogen and oxygen atoms in total. The average molecular weight is 263 g/mol. The van der Waals surface area contributed by atoms with Crippen molar-refractivity contribution in [2.45, 2.75) is 19.9 Å². The third-order valence-electron chi connectivity index (χ3n) is 2.62. The van der Waals surface area contributed by atoms with Gasteiger partial charge in [0.2, 0.25) is 0 Å². The highest BCUT2D eigenvalue weighted by molar-refractivity contribution is 5.20. The van der Waals surface area contributed by atoms with Gasteiger partial charge in [-0.05, 0) is 11.5 Å². The van der Waals surface area contributed by atoms with Gasteiger partial charge >= 0.3 is 0 Å². The lowest BCUT2D eigenvalue weighted by Gasteiger charge is -2.22. The first-order chi connectivity index (χ1) is 9.02. The van der Waals surface area contributed by atoms with E-state index < -0.39 is 5.09 Å². The Balaban J connectivity index is 0.000000399. The molecule has 1 aromatic heterocycles. The smallest absolute Gasteiger partial charge is 0.291 e. The van der Waals surface area contributed by atoms with Crippen LogP contribution >= 0.6 is 0 Å². The number of hydrogen-bond donors (Lipinski definition) is 1. The minimum atomic E-state index is -1.50. The number of aromatic nitrogens is 2. The first-order valence-corrected chi connectivity index (χ1v) is 5.88. The number of rotatable bonds is 3. The van der Waals surface area contributed by atoms with E-state index in [0.717, 1.165) is 0 Å². The zero-order valence-corrected chi connectivity index (χ0v) is 10.9. The summed E-state index contributed by atoms with van der Waals surface area (Å²) in [5.74, 6) is 0.557. The summed E-state index contributed by atoms with van der Waals surface area (Å²) >= 11 is 0. The molecule has 6 heteroatoms. The molecule has 1 aromatic carbocycles. The van der Waals surface area contributed by atoms with Gasteiger partial charge in [0.15, 0.2) is 0 Å². The zero-order valence-electron chi connectivity index (χ0n) is 10.9. The van der Waals surface area contributed by atoms with Crippen LogP contribution in [-0.2, 0) is 0 Å². The molecule has 19 heavy (non-hydrogen) atoms. The number of nitrogens with zero attached hydrogens (tertiary/aromatic N) is 3. The molecule has 2 aromatic rings. The van der Waals surface area contributed by atoms with Crippen LogP contribution in [0.4, 0.5) is 0 Å². The second-order valence-electron chi connectivity index (χ2n) is 4.35. The van der Waals surface area contributed by atoms with Gasteiger partial charge in [-0.1, -0.05) is 44.2 Å². The first kappa shape index (κ1) is 14.7. The van der Waals surface area contributed by atoms with Gasteiger partial charge in [0.1, 0.15) is 0 Å². The monoisotopic (exact) mass is 263 g/mol. The number of benzene rings is 1.